The Morgan fingerprint density at radius 3 is 0.625 bits per heavy atom. The van der Waals surface area contributed by atoms with Crippen molar-refractivity contribution < 1.29 is 96.4 Å². The average Bonchev–Trinajstić information content (AvgIpc) is 0.744. The molecule has 592 valence electrons. The number of phenolic OH excluding ortho intramolecular Hbond substituents is 4. The summed E-state index contributed by atoms with van der Waals surface area (Å²) in [5.74, 6) is -6.67. The minimum Gasteiger partial charge on any atom is -0.507 e. The predicted octanol–water partition coefficient (Wildman–Crippen LogP) is 17.6. The van der Waals surface area contributed by atoms with Crippen LogP contribution in [-0.2, 0) is 37.9 Å². The van der Waals surface area contributed by atoms with Gasteiger partial charge in [0.1, 0.15) is 72.4 Å². The zero-order valence-corrected chi connectivity index (χ0v) is 64.6. The van der Waals surface area contributed by atoms with E-state index in [1.165, 1.54) is 78.4 Å². The van der Waals surface area contributed by atoms with Crippen LogP contribution in [0.4, 0.5) is 0 Å². The van der Waals surface area contributed by atoms with Gasteiger partial charge in [-0.25, -0.2) is 19.2 Å². The van der Waals surface area contributed by atoms with E-state index in [2.05, 4.69) is 0 Å². The van der Waals surface area contributed by atoms with Crippen molar-refractivity contribution in [2.45, 2.75) is 177 Å². The fourth-order valence-electron chi connectivity index (χ4n) is 17.0. The van der Waals surface area contributed by atoms with Crippen LogP contribution in [-0.4, -0.2) is 150 Å². The van der Waals surface area contributed by atoms with Crippen molar-refractivity contribution in [1.29, 1.82) is 0 Å². The molecule has 13 rings (SSSR count). The van der Waals surface area contributed by atoms with Crippen LogP contribution >= 0.6 is 0 Å². The third-order valence-electron chi connectivity index (χ3n) is 22.8. The summed E-state index contributed by atoms with van der Waals surface area (Å²) < 4.78 is 72.9. The lowest BCUT2D eigenvalue weighted by Crippen LogP contribution is -2.20. The van der Waals surface area contributed by atoms with Gasteiger partial charge in [0.2, 0.25) is 0 Å². The molecule has 4 unspecified atom stereocenters. The molecule has 0 aliphatic heterocycles. The predicted molar refractivity (Wildman–Crippen MR) is 421 cm³/mol. The molecule has 0 spiro atoms. The van der Waals surface area contributed by atoms with Crippen LogP contribution in [0.15, 0.2) is 146 Å². The number of fused-ring (bicyclic) bond motifs is 8. The van der Waals surface area contributed by atoms with Gasteiger partial charge < -0.3 is 77.3 Å². The largest absolute Gasteiger partial charge is 0.507 e. The number of benzene rings is 8. The fraction of sp³-hybridized carbons (Fsp3) is 0.435. The molecule has 0 amide bonds. The molecule has 0 saturated heterocycles. The Bertz CT molecular complexity index is 3920. The van der Waals surface area contributed by atoms with Crippen LogP contribution in [0, 0.1) is 0 Å². The number of ether oxygens (including phenoxy) is 12. The summed E-state index contributed by atoms with van der Waals surface area (Å²) in [5.41, 5.74) is 5.91. The number of hydrogen-bond donors (Lipinski definition) is 4. The van der Waals surface area contributed by atoms with E-state index < -0.39 is 47.5 Å². The summed E-state index contributed by atoms with van der Waals surface area (Å²) >= 11 is 0. The summed E-state index contributed by atoms with van der Waals surface area (Å²) in [4.78, 5) is 55.9. The van der Waals surface area contributed by atoms with Gasteiger partial charge in [0.05, 0.1) is 102 Å². The number of esters is 4. The van der Waals surface area contributed by atoms with Crippen molar-refractivity contribution >= 4 is 23.9 Å². The smallest absolute Gasteiger partial charge is 0.338 e. The average molecular weight is 1530 g/mol. The number of hydrogen-bond acceptors (Lipinski definition) is 20. The summed E-state index contributed by atoms with van der Waals surface area (Å²) in [6.45, 7) is 1.18. The van der Waals surface area contributed by atoms with Crippen molar-refractivity contribution in [3.05, 3.63) is 235 Å². The van der Waals surface area contributed by atoms with Gasteiger partial charge in [-0.05, 0) is 146 Å². The Balaban J connectivity index is 0.992. The Hall–Kier alpha value is -10.1. The van der Waals surface area contributed by atoms with Crippen molar-refractivity contribution in [1.82, 2.24) is 0 Å². The van der Waals surface area contributed by atoms with E-state index in [0.717, 1.165) is 103 Å². The molecule has 8 bridgehead atoms. The highest BCUT2D eigenvalue weighted by Crippen LogP contribution is 2.55. The number of aromatic hydroxyl groups is 4. The van der Waals surface area contributed by atoms with E-state index in [-0.39, 0.29) is 168 Å². The molecule has 0 heterocycles. The number of rotatable bonds is 28. The molecular weight excluding hydrogens is 1420 g/mol. The quantitative estimate of drug-likeness (QED) is 0.0202. The van der Waals surface area contributed by atoms with Crippen LogP contribution in [0.5, 0.6) is 46.0 Å². The normalized spacial score (nSPS) is 18.4. The summed E-state index contributed by atoms with van der Waals surface area (Å²) in [6, 6.07) is 40.5. The Morgan fingerprint density at radius 2 is 0.446 bits per heavy atom. The Kier molecular flexibility index (Phi) is 27.4. The molecule has 0 radical (unpaired) electrons. The molecule has 4 N–H and O–H groups in total. The second-order valence-corrected chi connectivity index (χ2v) is 29.9. The number of methoxy groups -OCH3 is 4. The van der Waals surface area contributed by atoms with Crippen molar-refractivity contribution in [3.8, 4) is 46.0 Å². The molecule has 20 heteroatoms. The third kappa shape index (κ3) is 19.1. The highest BCUT2D eigenvalue weighted by Gasteiger charge is 2.37. The SMILES string of the molecule is COc1cc(O)c2cc1C(c1ccc(C(=O)OCCOC3CCCCC3)cc1)c1cc(c(OC)cc1O)C(c1ccc(C(=O)OCCOC3CCCCC3)cc1)c1cc(c(OC)cc1O)C(c1ccc(C(=O)OCCOC3CCCCC3)cc1)c1cc(c(OC)cc1O)C2c1ccc(C(=O)OCCOC2CCCCC2)cc1. The first kappa shape index (κ1) is 79.9. The van der Waals surface area contributed by atoms with Crippen LogP contribution in [0.1, 0.15) is 260 Å². The van der Waals surface area contributed by atoms with E-state index in [1.54, 1.807) is 121 Å². The minimum atomic E-state index is -1.04. The van der Waals surface area contributed by atoms with E-state index in [0.29, 0.717) is 44.5 Å². The van der Waals surface area contributed by atoms with Crippen LogP contribution < -0.4 is 18.9 Å². The van der Waals surface area contributed by atoms with Crippen LogP contribution in [0.3, 0.4) is 0 Å². The maximum atomic E-state index is 14.0. The molecule has 112 heavy (non-hydrogen) atoms. The Labute approximate surface area is 655 Å². The highest BCUT2D eigenvalue weighted by atomic mass is 16.6. The topological polar surface area (TPSA) is 260 Å². The second kappa shape index (κ2) is 38.4. The minimum absolute atomic E-state index is 0.0462. The molecule has 5 aliphatic carbocycles. The standard InChI is InChI=1S/C92H104O20/c1-101-81-53-77(93)69-49-73(81)85(57-25-33-61(34-26-57)89(97)109-45-41-105-65-17-9-5-10-18-65)70-50-74(82(102-2)54-78(70)94)87(59-29-37-63(38-30-59)91(99)111-47-43-107-67-21-13-7-14-22-67)72-52-76(84(104-4)56-80(72)96)88(60-31-39-64(40-32-60)92(100)112-48-44-108-68-23-15-8-16-24-68)71-51-75(83(103-3)55-79(71)95)86(69)58-27-35-62(36-28-58)90(98)110-46-42-106-66-19-11-6-12-20-66/h25-40,49-56,65-68,85-88,93-96H,5-24,41-48H2,1-4H3. The van der Waals surface area contributed by atoms with Gasteiger partial charge in [-0.2, -0.15) is 0 Å². The van der Waals surface area contributed by atoms with Crippen LogP contribution in [0.25, 0.3) is 0 Å². The van der Waals surface area contributed by atoms with Gasteiger partial charge in [-0.1, -0.05) is 126 Å². The summed E-state index contributed by atoms with van der Waals surface area (Å²) in [6.07, 6.45) is 21.7. The molecule has 4 saturated carbocycles. The van der Waals surface area contributed by atoms with Crippen molar-refractivity contribution in [2.24, 2.45) is 0 Å². The maximum absolute atomic E-state index is 14.0. The van der Waals surface area contributed by atoms with Gasteiger partial charge in [0.25, 0.3) is 0 Å². The van der Waals surface area contributed by atoms with E-state index >= 15 is 0 Å². The van der Waals surface area contributed by atoms with Crippen molar-refractivity contribution in [3.63, 3.8) is 0 Å². The number of carbonyl (C=O) groups is 4. The van der Waals surface area contributed by atoms with Crippen LogP contribution in [0.2, 0.25) is 0 Å². The second-order valence-electron chi connectivity index (χ2n) is 29.9. The first-order chi connectivity index (χ1) is 54.7. The van der Waals surface area contributed by atoms with E-state index in [9.17, 15) is 39.6 Å². The zero-order chi connectivity index (χ0) is 78.0. The van der Waals surface area contributed by atoms with Gasteiger partial charge in [-0.15, -0.1) is 0 Å². The van der Waals surface area contributed by atoms with Gasteiger partial charge in [0, 0.05) is 92.4 Å². The number of phenols is 4. The summed E-state index contributed by atoms with van der Waals surface area (Å²) in [5, 5.41) is 52.1. The molecule has 8 aromatic rings. The Morgan fingerprint density at radius 1 is 0.259 bits per heavy atom. The first-order valence-corrected chi connectivity index (χ1v) is 39.9. The van der Waals surface area contributed by atoms with E-state index in [1.807, 2.05) is 0 Å². The van der Waals surface area contributed by atoms with Gasteiger partial charge >= 0.3 is 23.9 Å². The van der Waals surface area contributed by atoms with Crippen molar-refractivity contribution in [2.75, 3.05) is 81.3 Å². The first-order valence-electron chi connectivity index (χ1n) is 39.9. The number of carbonyl (C=O) groups excluding carboxylic acids is 4. The highest BCUT2D eigenvalue weighted by molar-refractivity contribution is 5.91. The summed E-state index contributed by atoms with van der Waals surface area (Å²) in [7, 11) is 5.88. The molecule has 8 aromatic carbocycles. The third-order valence-corrected chi connectivity index (χ3v) is 22.8. The lowest BCUT2D eigenvalue weighted by Gasteiger charge is -2.31. The van der Waals surface area contributed by atoms with Gasteiger partial charge in [-0.3, -0.25) is 0 Å². The zero-order valence-electron chi connectivity index (χ0n) is 64.6. The molecule has 0 aromatic heterocycles. The lowest BCUT2D eigenvalue weighted by molar-refractivity contribution is -0.00511. The molecule has 20 nitrogen and oxygen atoms in total. The van der Waals surface area contributed by atoms with Gasteiger partial charge in [0.15, 0.2) is 0 Å². The fourth-order valence-corrected chi connectivity index (χ4v) is 17.0. The lowest BCUT2D eigenvalue weighted by atomic mass is 9.75. The molecular formula is C92H104O20. The molecule has 4 fully saturated rings. The maximum Gasteiger partial charge on any atom is 0.338 e. The van der Waals surface area contributed by atoms with E-state index in [4.69, 9.17) is 56.8 Å². The molecule has 5 aliphatic rings. The monoisotopic (exact) mass is 1530 g/mol. The molecule has 4 atom stereocenters.